The maximum Gasteiger partial charge on any atom is 0.414 e. The third-order valence-electron chi connectivity index (χ3n) is 9.06. The van der Waals surface area contributed by atoms with Crippen LogP contribution in [0.3, 0.4) is 0 Å². The third-order valence-corrected chi connectivity index (χ3v) is 9.71. The fraction of sp³-hybridized carbons (Fsp3) is 0.324. The molecule has 7 rings (SSSR count). The van der Waals surface area contributed by atoms with Gasteiger partial charge in [-0.05, 0) is 91.0 Å². The van der Waals surface area contributed by atoms with Crippen molar-refractivity contribution in [2.24, 2.45) is 5.92 Å². The molecule has 268 valence electrons. The molecule has 3 aliphatic rings. The van der Waals surface area contributed by atoms with Crippen LogP contribution in [0.1, 0.15) is 46.0 Å². The van der Waals surface area contributed by atoms with Crippen molar-refractivity contribution in [3.8, 4) is 11.5 Å². The Kier molecular flexibility index (Phi) is 11.5. The van der Waals surface area contributed by atoms with E-state index in [1.165, 1.54) is 60.8 Å². The molecule has 4 heterocycles. The van der Waals surface area contributed by atoms with Crippen LogP contribution < -0.4 is 14.4 Å². The number of anilines is 1. The number of pyridine rings is 1. The number of piperidine rings is 3. The number of hydrogen-bond donors (Lipinski definition) is 0. The molecule has 0 aliphatic carbocycles. The summed E-state index contributed by atoms with van der Waals surface area (Å²) in [6.07, 6.45) is 2.79. The zero-order valence-corrected chi connectivity index (χ0v) is 29.0. The fourth-order valence-electron chi connectivity index (χ4n) is 6.44. The normalized spacial score (nSPS) is 18.6. The summed E-state index contributed by atoms with van der Waals surface area (Å²) >= 11 is 12.8. The number of benzene rings is 3. The van der Waals surface area contributed by atoms with Crippen molar-refractivity contribution in [3.63, 3.8) is 0 Å². The average molecular weight is 745 g/mol. The summed E-state index contributed by atoms with van der Waals surface area (Å²) in [4.78, 5) is 35.0. The molecule has 3 saturated heterocycles. The molecule has 1 aromatic heterocycles. The van der Waals surface area contributed by atoms with Gasteiger partial charge in [0, 0.05) is 25.4 Å². The average Bonchev–Trinajstić information content (AvgIpc) is 3.12. The largest absolute Gasteiger partial charge is 0.493 e. The molecule has 0 unspecified atom stereocenters. The molecule has 51 heavy (non-hydrogen) atoms. The summed E-state index contributed by atoms with van der Waals surface area (Å²) in [5.41, 5.74) is 1.83. The van der Waals surface area contributed by atoms with Gasteiger partial charge < -0.3 is 18.9 Å². The number of hydrogen-bond acceptors (Lipinski definition) is 8. The molecular formula is C37H34Cl2F3N3O6. The van der Waals surface area contributed by atoms with E-state index in [9.17, 15) is 22.8 Å². The maximum absolute atomic E-state index is 14.4. The Labute approximate surface area is 302 Å². The fourth-order valence-corrected chi connectivity index (χ4v) is 6.96. The van der Waals surface area contributed by atoms with E-state index in [0.29, 0.717) is 28.9 Å². The van der Waals surface area contributed by atoms with Gasteiger partial charge in [0.1, 0.15) is 18.0 Å². The van der Waals surface area contributed by atoms with Gasteiger partial charge in [-0.3, -0.25) is 14.8 Å². The van der Waals surface area contributed by atoms with E-state index in [1.807, 2.05) is 0 Å². The van der Waals surface area contributed by atoms with Gasteiger partial charge in [-0.1, -0.05) is 47.5 Å². The summed E-state index contributed by atoms with van der Waals surface area (Å²) in [6.45, 7) is -0.507. The lowest BCUT2D eigenvalue weighted by Gasteiger charge is -2.44. The van der Waals surface area contributed by atoms with Crippen LogP contribution in [0.4, 0.5) is 23.7 Å². The van der Waals surface area contributed by atoms with Crippen LogP contribution in [-0.2, 0) is 22.4 Å². The Balaban J connectivity index is 1.26. The van der Waals surface area contributed by atoms with E-state index in [1.54, 1.807) is 30.3 Å². The smallest absolute Gasteiger partial charge is 0.414 e. The molecule has 0 N–H and O–H groups in total. The van der Waals surface area contributed by atoms with Crippen molar-refractivity contribution in [3.05, 3.63) is 117 Å². The van der Waals surface area contributed by atoms with Gasteiger partial charge in [-0.15, -0.1) is 0 Å². The first-order valence-corrected chi connectivity index (χ1v) is 17.0. The highest BCUT2D eigenvalue weighted by Gasteiger charge is 2.37. The topological polar surface area (TPSA) is 90.4 Å². The number of ether oxygens (including phenoxy) is 4. The van der Waals surface area contributed by atoms with Gasteiger partial charge in [0.25, 0.3) is 0 Å². The molecule has 2 bridgehead atoms. The van der Waals surface area contributed by atoms with Crippen molar-refractivity contribution in [1.29, 1.82) is 0 Å². The molecule has 9 nitrogen and oxygen atoms in total. The highest BCUT2D eigenvalue weighted by atomic mass is 35.5. The minimum absolute atomic E-state index is 0.00258. The first kappa shape index (κ1) is 36.3. The molecule has 3 aliphatic heterocycles. The van der Waals surface area contributed by atoms with Crippen LogP contribution in [0.15, 0.2) is 79.1 Å². The first-order chi connectivity index (χ1) is 24.6. The second kappa shape index (κ2) is 16.2. The van der Waals surface area contributed by atoms with Gasteiger partial charge in [0.05, 0.1) is 35.0 Å². The second-order valence-electron chi connectivity index (χ2n) is 12.3. The highest BCUT2D eigenvalue weighted by Crippen LogP contribution is 2.37. The lowest BCUT2D eigenvalue weighted by atomic mass is 9.86. The highest BCUT2D eigenvalue weighted by molar-refractivity contribution is 6.35. The standard InChI is InChI=1S/C37H34Cl2F3N3O6/c1-48-33-15-24(8-9-31(33)50-36(41)42)32(17-28-29(38)18-43-19-30(28)39)49-35(46)25-5-2-4-22(14-25)20-45(27-7-3-6-26(40)16-27)37(47)51-34-21-44-12-10-23(34)11-13-44/h2-9,14-16,18-19,23,32,34,36H,10-13,17,20-21H2,1H3/t32-,34-/m0/s1. The van der Waals surface area contributed by atoms with Gasteiger partial charge in [0.15, 0.2) is 11.5 Å². The predicted octanol–water partition coefficient (Wildman–Crippen LogP) is 8.52. The van der Waals surface area contributed by atoms with E-state index >= 15 is 0 Å². The number of amides is 1. The molecule has 0 radical (unpaired) electrons. The summed E-state index contributed by atoms with van der Waals surface area (Å²) in [5, 5.41) is 0.468. The van der Waals surface area contributed by atoms with Crippen molar-refractivity contribution < 1.29 is 41.7 Å². The van der Waals surface area contributed by atoms with Crippen molar-refractivity contribution in [1.82, 2.24) is 9.88 Å². The molecule has 0 saturated carbocycles. The van der Waals surface area contributed by atoms with Crippen LogP contribution in [0.5, 0.6) is 11.5 Å². The van der Waals surface area contributed by atoms with E-state index in [0.717, 1.165) is 25.9 Å². The molecule has 0 spiro atoms. The lowest BCUT2D eigenvalue weighted by Crippen LogP contribution is -2.53. The number of carbonyl (C=O) groups is 2. The molecule has 3 fully saturated rings. The van der Waals surface area contributed by atoms with Crippen LogP contribution in [0, 0.1) is 11.7 Å². The number of aromatic nitrogens is 1. The van der Waals surface area contributed by atoms with Crippen LogP contribution in [0.2, 0.25) is 10.0 Å². The zero-order chi connectivity index (χ0) is 36.1. The molecule has 2 atom stereocenters. The number of esters is 1. The van der Waals surface area contributed by atoms with E-state index < -0.39 is 30.6 Å². The molecular weight excluding hydrogens is 710 g/mol. The number of halogens is 5. The Morgan fingerprint density at radius 1 is 0.980 bits per heavy atom. The van der Waals surface area contributed by atoms with Crippen LogP contribution in [0.25, 0.3) is 0 Å². The number of methoxy groups -OCH3 is 1. The molecule has 1 amide bonds. The number of rotatable bonds is 12. The number of nitrogens with zero attached hydrogens (tertiary/aromatic N) is 3. The second-order valence-corrected chi connectivity index (χ2v) is 13.1. The minimum Gasteiger partial charge on any atom is -0.493 e. The SMILES string of the molecule is COc1cc([C@H](Cc2c(Cl)cncc2Cl)OC(=O)c2cccc(CN(C(=O)O[C@H]3CN4CCC3CC4)c3cccc(F)c3)c2)ccc1OC(F)F. The lowest BCUT2D eigenvalue weighted by molar-refractivity contribution is -0.0512. The number of carbonyl (C=O) groups excluding carboxylic acids is 2. The van der Waals surface area contributed by atoms with E-state index in [2.05, 4.69) is 14.6 Å². The Morgan fingerprint density at radius 2 is 1.73 bits per heavy atom. The summed E-state index contributed by atoms with van der Waals surface area (Å²) in [6, 6.07) is 16.3. The Hall–Kier alpha value is -4.52. The zero-order valence-electron chi connectivity index (χ0n) is 27.4. The van der Waals surface area contributed by atoms with E-state index in [4.69, 9.17) is 37.4 Å². The number of fused-ring (bicyclic) bond motifs is 3. The predicted molar refractivity (Wildman–Crippen MR) is 184 cm³/mol. The molecule has 14 heteroatoms. The molecule has 3 aromatic carbocycles. The third kappa shape index (κ3) is 8.87. The van der Waals surface area contributed by atoms with Crippen molar-refractivity contribution in [2.75, 3.05) is 31.6 Å². The molecule has 4 aromatic rings. The monoisotopic (exact) mass is 743 g/mol. The summed E-state index contributed by atoms with van der Waals surface area (Å²) in [5.74, 6) is -1.20. The summed E-state index contributed by atoms with van der Waals surface area (Å²) < 4.78 is 62.2. The van der Waals surface area contributed by atoms with Crippen molar-refractivity contribution >= 4 is 41.0 Å². The first-order valence-electron chi connectivity index (χ1n) is 16.2. The van der Waals surface area contributed by atoms with Gasteiger partial charge in [-0.2, -0.15) is 8.78 Å². The van der Waals surface area contributed by atoms with Gasteiger partial charge in [-0.25, -0.2) is 14.0 Å². The van der Waals surface area contributed by atoms with Crippen molar-refractivity contribution in [2.45, 2.75) is 44.6 Å². The Morgan fingerprint density at radius 3 is 2.39 bits per heavy atom. The van der Waals surface area contributed by atoms with Gasteiger partial charge >= 0.3 is 18.7 Å². The maximum atomic E-state index is 14.4. The van der Waals surface area contributed by atoms with E-state index in [-0.39, 0.29) is 52.1 Å². The van der Waals surface area contributed by atoms with Gasteiger partial charge in [0.2, 0.25) is 0 Å². The Bertz CT molecular complexity index is 1860. The van der Waals surface area contributed by atoms with Crippen LogP contribution >= 0.6 is 23.2 Å². The van der Waals surface area contributed by atoms with Crippen LogP contribution in [-0.4, -0.2) is 61.4 Å². The number of alkyl halides is 2. The summed E-state index contributed by atoms with van der Waals surface area (Å²) in [7, 11) is 1.29. The quantitative estimate of drug-likeness (QED) is 0.134. The minimum atomic E-state index is -3.08.